The average molecular weight is 448 g/mol. The Kier molecular flexibility index (Phi) is 5.99. The van der Waals surface area contributed by atoms with E-state index in [1.807, 2.05) is 5.38 Å². The van der Waals surface area contributed by atoms with Crippen molar-refractivity contribution in [1.82, 2.24) is 14.8 Å². The second-order valence-electron chi connectivity index (χ2n) is 6.63. The topological polar surface area (TPSA) is 132 Å². The number of nitro benzene ring substituents is 1. The zero-order valence-electron chi connectivity index (χ0n) is 16.5. The van der Waals surface area contributed by atoms with Crippen LogP contribution in [0.25, 0.3) is 11.4 Å². The summed E-state index contributed by atoms with van der Waals surface area (Å²) >= 11 is 1.35. The number of benzene rings is 2. The van der Waals surface area contributed by atoms with Crippen molar-refractivity contribution in [3.05, 3.63) is 87.4 Å². The maximum absolute atomic E-state index is 12.3. The van der Waals surface area contributed by atoms with E-state index in [9.17, 15) is 19.7 Å². The van der Waals surface area contributed by atoms with Gasteiger partial charge in [0.15, 0.2) is 5.82 Å². The van der Waals surface area contributed by atoms with Crippen molar-refractivity contribution in [2.75, 3.05) is 10.6 Å². The fraction of sp³-hybridized carbons (Fsp3) is 0.0476. The zero-order chi connectivity index (χ0) is 22.5. The van der Waals surface area contributed by atoms with Crippen LogP contribution in [-0.2, 0) is 11.3 Å². The molecule has 0 atom stereocenters. The van der Waals surface area contributed by atoms with Crippen LogP contribution in [0.3, 0.4) is 0 Å². The molecule has 0 fully saturated rings. The molecule has 160 valence electrons. The SMILES string of the molecule is O=C(Cn1cnc(-c2cccc([N+](=O)[O-])c2)n1)Nc1ccc(NC(=O)c2cccs2)cc1. The first kappa shape index (κ1) is 20.9. The van der Waals surface area contributed by atoms with Gasteiger partial charge in [-0.2, -0.15) is 5.10 Å². The number of nitro groups is 1. The predicted octanol–water partition coefficient (Wildman–Crippen LogP) is 3.81. The van der Waals surface area contributed by atoms with E-state index in [1.54, 1.807) is 48.5 Å². The molecule has 2 aromatic carbocycles. The van der Waals surface area contributed by atoms with Gasteiger partial charge in [0.25, 0.3) is 11.6 Å². The van der Waals surface area contributed by atoms with Crippen molar-refractivity contribution < 1.29 is 14.5 Å². The van der Waals surface area contributed by atoms with Gasteiger partial charge in [-0.15, -0.1) is 11.3 Å². The Bertz CT molecular complexity index is 1270. The van der Waals surface area contributed by atoms with Crippen molar-refractivity contribution in [3.63, 3.8) is 0 Å². The number of nitrogens with one attached hydrogen (secondary N) is 2. The molecule has 0 aliphatic rings. The van der Waals surface area contributed by atoms with E-state index in [4.69, 9.17) is 0 Å². The third-order valence-corrected chi connectivity index (χ3v) is 5.20. The Labute approximate surface area is 185 Å². The standard InChI is InChI=1S/C21H16N6O4S/c28-19(12-26-13-22-20(25-26)14-3-1-4-17(11-14)27(30)31)23-15-6-8-16(9-7-15)24-21(29)18-5-2-10-32-18/h1-11,13H,12H2,(H,23,28)(H,24,29). The summed E-state index contributed by atoms with van der Waals surface area (Å²) in [5.41, 5.74) is 1.59. The number of carbonyl (C=O) groups is 2. The molecule has 4 rings (SSSR count). The van der Waals surface area contributed by atoms with Gasteiger partial charge in [-0.05, 0) is 35.7 Å². The number of thiophene rings is 1. The molecule has 2 aromatic heterocycles. The van der Waals surface area contributed by atoms with Crippen LogP contribution >= 0.6 is 11.3 Å². The molecule has 0 aliphatic heterocycles. The van der Waals surface area contributed by atoms with Gasteiger partial charge in [0, 0.05) is 29.1 Å². The average Bonchev–Trinajstić information content (AvgIpc) is 3.48. The van der Waals surface area contributed by atoms with Gasteiger partial charge < -0.3 is 10.6 Å². The maximum atomic E-state index is 12.3. The Morgan fingerprint density at radius 3 is 2.47 bits per heavy atom. The summed E-state index contributed by atoms with van der Waals surface area (Å²) in [6, 6.07) is 16.2. The largest absolute Gasteiger partial charge is 0.324 e. The molecule has 0 bridgehead atoms. The molecule has 2 amide bonds. The van der Waals surface area contributed by atoms with Gasteiger partial charge in [-0.3, -0.25) is 19.7 Å². The number of rotatable bonds is 7. The molecular weight excluding hydrogens is 432 g/mol. The molecule has 4 aromatic rings. The summed E-state index contributed by atoms with van der Waals surface area (Å²) in [7, 11) is 0. The quantitative estimate of drug-likeness (QED) is 0.326. The van der Waals surface area contributed by atoms with Crippen LogP contribution in [-0.4, -0.2) is 31.5 Å². The minimum Gasteiger partial charge on any atom is -0.324 e. The van der Waals surface area contributed by atoms with Crippen LogP contribution in [0.5, 0.6) is 0 Å². The molecule has 10 nitrogen and oxygen atoms in total. The summed E-state index contributed by atoms with van der Waals surface area (Å²) in [5.74, 6) is -0.231. The second-order valence-corrected chi connectivity index (χ2v) is 7.58. The highest BCUT2D eigenvalue weighted by Crippen LogP contribution is 2.20. The Balaban J connectivity index is 1.34. The number of amides is 2. The number of hydrogen-bond acceptors (Lipinski definition) is 7. The minimum atomic E-state index is -0.493. The van der Waals surface area contributed by atoms with Crippen LogP contribution in [0, 0.1) is 10.1 Å². The second kappa shape index (κ2) is 9.18. The molecule has 0 spiro atoms. The summed E-state index contributed by atoms with van der Waals surface area (Å²) in [5, 5.41) is 22.5. The van der Waals surface area contributed by atoms with E-state index in [0.29, 0.717) is 21.8 Å². The first-order valence-electron chi connectivity index (χ1n) is 9.37. The highest BCUT2D eigenvalue weighted by atomic mass is 32.1. The van der Waals surface area contributed by atoms with Crippen LogP contribution in [0.4, 0.5) is 17.1 Å². The molecule has 0 saturated carbocycles. The number of non-ortho nitro benzene ring substituents is 1. The Hall–Kier alpha value is -4.38. The number of nitrogens with zero attached hydrogens (tertiary/aromatic N) is 4. The lowest BCUT2D eigenvalue weighted by Gasteiger charge is -2.07. The summed E-state index contributed by atoms with van der Waals surface area (Å²) in [6.45, 7) is -0.0845. The highest BCUT2D eigenvalue weighted by Gasteiger charge is 2.12. The van der Waals surface area contributed by atoms with Gasteiger partial charge in [-0.25, -0.2) is 9.67 Å². The van der Waals surface area contributed by atoms with Crippen molar-refractivity contribution in [1.29, 1.82) is 0 Å². The lowest BCUT2D eigenvalue weighted by molar-refractivity contribution is -0.384. The van der Waals surface area contributed by atoms with Gasteiger partial charge in [-0.1, -0.05) is 18.2 Å². The summed E-state index contributed by atoms with van der Waals surface area (Å²) < 4.78 is 1.35. The normalized spacial score (nSPS) is 10.5. The minimum absolute atomic E-state index is 0.0633. The van der Waals surface area contributed by atoms with Crippen molar-refractivity contribution in [3.8, 4) is 11.4 Å². The highest BCUT2D eigenvalue weighted by molar-refractivity contribution is 7.12. The van der Waals surface area contributed by atoms with Crippen LogP contribution < -0.4 is 10.6 Å². The lowest BCUT2D eigenvalue weighted by atomic mass is 10.2. The van der Waals surface area contributed by atoms with E-state index in [-0.39, 0.29) is 29.9 Å². The van der Waals surface area contributed by atoms with Gasteiger partial charge in [0.2, 0.25) is 5.91 Å². The van der Waals surface area contributed by atoms with Gasteiger partial charge in [0.05, 0.1) is 9.80 Å². The zero-order valence-corrected chi connectivity index (χ0v) is 17.3. The maximum Gasteiger partial charge on any atom is 0.270 e. The van der Waals surface area contributed by atoms with E-state index in [1.165, 1.54) is 34.5 Å². The Morgan fingerprint density at radius 1 is 1.03 bits per heavy atom. The van der Waals surface area contributed by atoms with Crippen molar-refractivity contribution >= 4 is 40.2 Å². The van der Waals surface area contributed by atoms with E-state index in [2.05, 4.69) is 20.7 Å². The monoisotopic (exact) mass is 448 g/mol. The van der Waals surface area contributed by atoms with Gasteiger partial charge >= 0.3 is 0 Å². The third-order valence-electron chi connectivity index (χ3n) is 4.33. The fourth-order valence-corrected chi connectivity index (χ4v) is 3.47. The smallest absolute Gasteiger partial charge is 0.270 e. The van der Waals surface area contributed by atoms with E-state index < -0.39 is 4.92 Å². The molecular formula is C21H16N6O4S. The third kappa shape index (κ3) is 5.02. The first-order chi connectivity index (χ1) is 15.5. The number of carbonyl (C=O) groups excluding carboxylic acids is 2. The predicted molar refractivity (Wildman–Crippen MR) is 119 cm³/mol. The molecule has 0 unspecified atom stereocenters. The molecule has 0 radical (unpaired) electrons. The molecule has 0 saturated heterocycles. The molecule has 0 aliphatic carbocycles. The van der Waals surface area contributed by atoms with E-state index in [0.717, 1.165) is 0 Å². The summed E-state index contributed by atoms with van der Waals surface area (Å²) in [6.07, 6.45) is 1.39. The summed E-state index contributed by atoms with van der Waals surface area (Å²) in [4.78, 5) is 39.6. The molecule has 2 heterocycles. The van der Waals surface area contributed by atoms with Gasteiger partial charge in [0.1, 0.15) is 12.9 Å². The molecule has 2 N–H and O–H groups in total. The van der Waals surface area contributed by atoms with Crippen LogP contribution in [0.15, 0.2) is 72.4 Å². The van der Waals surface area contributed by atoms with Crippen molar-refractivity contribution in [2.24, 2.45) is 0 Å². The number of aromatic nitrogens is 3. The fourth-order valence-electron chi connectivity index (χ4n) is 2.85. The number of hydrogen-bond donors (Lipinski definition) is 2. The Morgan fingerprint density at radius 2 is 1.78 bits per heavy atom. The van der Waals surface area contributed by atoms with E-state index >= 15 is 0 Å². The molecule has 11 heteroatoms. The van der Waals surface area contributed by atoms with Crippen LogP contribution in [0.2, 0.25) is 0 Å². The van der Waals surface area contributed by atoms with Crippen LogP contribution in [0.1, 0.15) is 9.67 Å². The number of anilines is 2. The first-order valence-corrected chi connectivity index (χ1v) is 10.2. The lowest BCUT2D eigenvalue weighted by Crippen LogP contribution is -2.19. The van der Waals surface area contributed by atoms with Crippen molar-refractivity contribution in [2.45, 2.75) is 6.54 Å². The molecule has 32 heavy (non-hydrogen) atoms.